The second kappa shape index (κ2) is 5.30. The summed E-state index contributed by atoms with van der Waals surface area (Å²) in [5.41, 5.74) is 2.59. The van der Waals surface area contributed by atoms with Crippen molar-refractivity contribution in [3.8, 4) is 11.3 Å². The van der Waals surface area contributed by atoms with Crippen molar-refractivity contribution in [2.45, 2.75) is 19.4 Å². The predicted octanol–water partition coefficient (Wildman–Crippen LogP) is 2.98. The molecular weight excluding hydrogens is 279 g/mol. The summed E-state index contributed by atoms with van der Waals surface area (Å²) in [4.78, 5) is 15.7. The Labute approximate surface area is 119 Å². The van der Waals surface area contributed by atoms with Crippen LogP contribution in [-0.2, 0) is 22.6 Å². The minimum Gasteiger partial charge on any atom is -0.378 e. The third-order valence-corrected chi connectivity index (χ3v) is 4.01. The SMILES string of the molecule is COCc1nc(-c2cc3c(cc2F)NC(=O)CC3)cs1. The Balaban J connectivity index is 1.99. The molecule has 1 aromatic carbocycles. The maximum atomic E-state index is 14.2. The number of fused-ring (bicyclic) bond motifs is 1. The topological polar surface area (TPSA) is 51.2 Å². The molecule has 0 unspecified atom stereocenters. The van der Waals surface area contributed by atoms with E-state index in [1.807, 2.05) is 5.38 Å². The highest BCUT2D eigenvalue weighted by atomic mass is 32.1. The second-order valence-electron chi connectivity index (χ2n) is 4.60. The normalized spacial score (nSPS) is 14.0. The number of amides is 1. The lowest BCUT2D eigenvalue weighted by atomic mass is 9.99. The fourth-order valence-electron chi connectivity index (χ4n) is 2.22. The first-order chi connectivity index (χ1) is 9.67. The van der Waals surface area contributed by atoms with Crippen molar-refractivity contribution in [2.75, 3.05) is 12.4 Å². The summed E-state index contributed by atoms with van der Waals surface area (Å²) in [6, 6.07) is 3.15. The van der Waals surface area contributed by atoms with Gasteiger partial charge in [0, 0.05) is 30.2 Å². The molecule has 1 amide bonds. The molecule has 6 heteroatoms. The number of carbonyl (C=O) groups excluding carboxylic acids is 1. The molecule has 2 heterocycles. The van der Waals surface area contributed by atoms with E-state index in [1.165, 1.54) is 17.4 Å². The van der Waals surface area contributed by atoms with Gasteiger partial charge in [-0.1, -0.05) is 0 Å². The number of carbonyl (C=O) groups is 1. The standard InChI is InChI=1S/C14H13FN2O2S/c1-19-6-14-17-12(7-20-14)9-4-8-2-3-13(18)16-11(8)5-10(9)15/h4-5,7H,2-3,6H2,1H3,(H,16,18). The Morgan fingerprint density at radius 2 is 2.30 bits per heavy atom. The number of anilines is 1. The van der Waals surface area contributed by atoms with E-state index in [2.05, 4.69) is 10.3 Å². The van der Waals surface area contributed by atoms with Gasteiger partial charge in [0.05, 0.1) is 12.3 Å². The molecule has 0 spiro atoms. The molecule has 104 valence electrons. The molecule has 0 fully saturated rings. The first-order valence-corrected chi connectivity index (χ1v) is 7.11. The number of thiazole rings is 1. The molecule has 1 aliphatic rings. The van der Waals surface area contributed by atoms with Crippen LogP contribution in [0.3, 0.4) is 0 Å². The summed E-state index contributed by atoms with van der Waals surface area (Å²) < 4.78 is 19.2. The number of hydrogen-bond donors (Lipinski definition) is 1. The predicted molar refractivity (Wildman–Crippen MR) is 75.2 cm³/mol. The van der Waals surface area contributed by atoms with Crippen LogP contribution in [0.4, 0.5) is 10.1 Å². The first kappa shape index (κ1) is 13.2. The summed E-state index contributed by atoms with van der Waals surface area (Å²) >= 11 is 1.44. The molecular formula is C14H13FN2O2S. The Morgan fingerprint density at radius 1 is 1.45 bits per heavy atom. The van der Waals surface area contributed by atoms with Crippen LogP contribution in [0.1, 0.15) is 17.0 Å². The fraction of sp³-hybridized carbons (Fsp3) is 0.286. The number of aromatic nitrogens is 1. The number of aryl methyl sites for hydroxylation is 1. The molecule has 0 atom stereocenters. The minimum atomic E-state index is -0.375. The molecule has 1 aliphatic heterocycles. The molecule has 0 saturated heterocycles. The van der Waals surface area contributed by atoms with E-state index >= 15 is 0 Å². The lowest BCUT2D eigenvalue weighted by Crippen LogP contribution is -2.19. The summed E-state index contributed by atoms with van der Waals surface area (Å²) in [5, 5.41) is 5.32. The maximum Gasteiger partial charge on any atom is 0.224 e. The highest BCUT2D eigenvalue weighted by Gasteiger charge is 2.19. The average molecular weight is 292 g/mol. The molecule has 20 heavy (non-hydrogen) atoms. The number of halogens is 1. The number of benzene rings is 1. The van der Waals surface area contributed by atoms with Gasteiger partial charge in [-0.05, 0) is 24.1 Å². The van der Waals surface area contributed by atoms with Crippen molar-refractivity contribution in [1.82, 2.24) is 4.98 Å². The summed E-state index contributed by atoms with van der Waals surface area (Å²) in [7, 11) is 1.60. The van der Waals surface area contributed by atoms with Crippen LogP contribution in [0.5, 0.6) is 0 Å². The van der Waals surface area contributed by atoms with Gasteiger partial charge in [0.15, 0.2) is 0 Å². The number of nitrogens with one attached hydrogen (secondary N) is 1. The third kappa shape index (κ3) is 2.44. The molecule has 4 nitrogen and oxygen atoms in total. The van der Waals surface area contributed by atoms with E-state index in [-0.39, 0.29) is 11.7 Å². The molecule has 0 saturated carbocycles. The highest BCUT2D eigenvalue weighted by Crippen LogP contribution is 2.32. The molecule has 0 aliphatic carbocycles. The monoisotopic (exact) mass is 292 g/mol. The van der Waals surface area contributed by atoms with Gasteiger partial charge in [-0.3, -0.25) is 4.79 Å². The molecule has 3 rings (SSSR count). The van der Waals surface area contributed by atoms with Gasteiger partial charge >= 0.3 is 0 Å². The van der Waals surface area contributed by atoms with Crippen LogP contribution in [0, 0.1) is 5.82 Å². The van der Waals surface area contributed by atoms with E-state index in [0.29, 0.717) is 36.4 Å². The van der Waals surface area contributed by atoms with Gasteiger partial charge in [-0.25, -0.2) is 9.37 Å². The number of methoxy groups -OCH3 is 1. The lowest BCUT2D eigenvalue weighted by Gasteiger charge is -2.17. The highest BCUT2D eigenvalue weighted by molar-refractivity contribution is 7.09. The average Bonchev–Trinajstić information content (AvgIpc) is 2.86. The smallest absolute Gasteiger partial charge is 0.224 e. The second-order valence-corrected chi connectivity index (χ2v) is 5.54. The number of ether oxygens (including phenoxy) is 1. The molecule has 2 aromatic rings. The zero-order chi connectivity index (χ0) is 14.1. The van der Waals surface area contributed by atoms with Gasteiger partial charge < -0.3 is 10.1 Å². The minimum absolute atomic E-state index is 0.0688. The van der Waals surface area contributed by atoms with Gasteiger partial charge in [-0.2, -0.15) is 0 Å². The zero-order valence-electron chi connectivity index (χ0n) is 10.9. The van der Waals surface area contributed by atoms with E-state index in [1.54, 1.807) is 13.2 Å². The van der Waals surface area contributed by atoms with Crippen LogP contribution < -0.4 is 5.32 Å². The summed E-state index contributed by atoms with van der Waals surface area (Å²) in [5.74, 6) is -0.444. The van der Waals surface area contributed by atoms with Crippen LogP contribution in [0.15, 0.2) is 17.5 Å². The molecule has 1 N–H and O–H groups in total. The lowest BCUT2D eigenvalue weighted by molar-refractivity contribution is -0.116. The van der Waals surface area contributed by atoms with Crippen molar-refractivity contribution in [1.29, 1.82) is 0 Å². The van der Waals surface area contributed by atoms with Gasteiger partial charge in [0.2, 0.25) is 5.91 Å². The van der Waals surface area contributed by atoms with Gasteiger partial charge in [0.25, 0.3) is 0 Å². The van der Waals surface area contributed by atoms with Crippen molar-refractivity contribution < 1.29 is 13.9 Å². The molecule has 1 aromatic heterocycles. The Morgan fingerprint density at radius 3 is 3.10 bits per heavy atom. The van der Waals surface area contributed by atoms with E-state index < -0.39 is 0 Å². The summed E-state index contributed by atoms with van der Waals surface area (Å²) in [6.45, 7) is 0.424. The van der Waals surface area contributed by atoms with E-state index in [0.717, 1.165) is 10.6 Å². The van der Waals surface area contributed by atoms with Crippen molar-refractivity contribution in [3.05, 3.63) is 33.9 Å². The summed E-state index contributed by atoms with van der Waals surface area (Å²) in [6.07, 6.45) is 1.06. The van der Waals surface area contributed by atoms with Gasteiger partial charge in [-0.15, -0.1) is 11.3 Å². The number of hydrogen-bond acceptors (Lipinski definition) is 4. The van der Waals surface area contributed by atoms with Crippen LogP contribution in [0.25, 0.3) is 11.3 Å². The van der Waals surface area contributed by atoms with Crippen molar-refractivity contribution in [2.24, 2.45) is 0 Å². The van der Waals surface area contributed by atoms with Crippen molar-refractivity contribution in [3.63, 3.8) is 0 Å². The van der Waals surface area contributed by atoms with Crippen molar-refractivity contribution >= 4 is 22.9 Å². The van der Waals surface area contributed by atoms with E-state index in [4.69, 9.17) is 4.74 Å². The quantitative estimate of drug-likeness (QED) is 0.946. The van der Waals surface area contributed by atoms with E-state index in [9.17, 15) is 9.18 Å². The Bertz CT molecular complexity index is 669. The van der Waals surface area contributed by atoms with Gasteiger partial charge in [0.1, 0.15) is 10.8 Å². The van der Waals surface area contributed by atoms with Crippen LogP contribution >= 0.6 is 11.3 Å². The third-order valence-electron chi connectivity index (χ3n) is 3.18. The zero-order valence-corrected chi connectivity index (χ0v) is 11.7. The Hall–Kier alpha value is -1.79. The first-order valence-electron chi connectivity index (χ1n) is 6.23. The number of rotatable bonds is 3. The maximum absolute atomic E-state index is 14.2. The Kier molecular flexibility index (Phi) is 3.50. The number of nitrogens with zero attached hydrogens (tertiary/aromatic N) is 1. The van der Waals surface area contributed by atoms with Crippen LogP contribution in [0.2, 0.25) is 0 Å². The largest absolute Gasteiger partial charge is 0.378 e. The fourth-order valence-corrected chi connectivity index (χ4v) is 2.99. The van der Waals surface area contributed by atoms with Crippen LogP contribution in [-0.4, -0.2) is 18.0 Å². The molecule has 0 bridgehead atoms. The molecule has 0 radical (unpaired) electrons.